The zero-order chi connectivity index (χ0) is 24.5. The average Bonchev–Trinajstić information content (AvgIpc) is 3.19. The highest BCUT2D eigenvalue weighted by Crippen LogP contribution is 2.37. The van der Waals surface area contributed by atoms with Gasteiger partial charge in [-0.3, -0.25) is 9.59 Å². The molecule has 2 heterocycles. The number of para-hydroxylation sites is 2. The second-order valence-electron chi connectivity index (χ2n) is 9.43. The van der Waals surface area contributed by atoms with Crippen molar-refractivity contribution in [3.63, 3.8) is 0 Å². The van der Waals surface area contributed by atoms with Gasteiger partial charge >= 0.3 is 0 Å². The zero-order valence-electron chi connectivity index (χ0n) is 20.6. The van der Waals surface area contributed by atoms with E-state index in [1.165, 1.54) is 0 Å². The number of amides is 2. The number of nitrogens with zero attached hydrogens (tertiary/aromatic N) is 2. The number of methoxy groups -OCH3 is 2. The number of fused-ring (bicyclic) bond motifs is 3. The molecule has 2 amide bonds. The monoisotopic (exact) mass is 463 g/mol. The van der Waals surface area contributed by atoms with Crippen molar-refractivity contribution >= 4 is 22.7 Å². The molecule has 0 radical (unpaired) electrons. The molecule has 1 aliphatic heterocycles. The van der Waals surface area contributed by atoms with Crippen LogP contribution in [0.5, 0.6) is 11.5 Å². The topological polar surface area (TPSA) is 72.8 Å². The lowest BCUT2D eigenvalue weighted by Gasteiger charge is -2.44. The first-order chi connectivity index (χ1) is 16.3. The zero-order valence-corrected chi connectivity index (χ0v) is 20.6. The number of benzene rings is 2. The Morgan fingerprint density at radius 3 is 2.59 bits per heavy atom. The summed E-state index contributed by atoms with van der Waals surface area (Å²) in [6.07, 6.45) is 0.872. The Labute approximate surface area is 200 Å². The number of aromatic nitrogens is 1. The molecule has 1 atom stereocenters. The summed E-state index contributed by atoms with van der Waals surface area (Å²) in [6, 6.07) is 15.4. The summed E-state index contributed by atoms with van der Waals surface area (Å²) >= 11 is 0. The maximum atomic E-state index is 13.9. The highest BCUT2D eigenvalue weighted by atomic mass is 16.5. The third-order valence-electron chi connectivity index (χ3n) is 6.65. The fraction of sp³-hybridized carbons (Fsp3) is 0.407. The van der Waals surface area contributed by atoms with Gasteiger partial charge in [0.1, 0.15) is 11.2 Å². The van der Waals surface area contributed by atoms with Gasteiger partial charge in [-0.05, 0) is 37.5 Å². The Bertz CT molecular complexity index is 1220. The van der Waals surface area contributed by atoms with Crippen molar-refractivity contribution < 1.29 is 19.1 Å². The summed E-state index contributed by atoms with van der Waals surface area (Å²) in [4.78, 5) is 29.2. The normalized spacial score (nSPS) is 17.7. The van der Waals surface area contributed by atoms with Crippen LogP contribution in [0, 0.1) is 5.92 Å². The Morgan fingerprint density at radius 1 is 1.12 bits per heavy atom. The van der Waals surface area contributed by atoms with Gasteiger partial charge in [-0.25, -0.2) is 0 Å². The van der Waals surface area contributed by atoms with Crippen molar-refractivity contribution in [2.24, 2.45) is 5.92 Å². The quantitative estimate of drug-likeness (QED) is 0.543. The van der Waals surface area contributed by atoms with Gasteiger partial charge in [-0.15, -0.1) is 0 Å². The molecule has 2 aromatic carbocycles. The fourth-order valence-electron chi connectivity index (χ4n) is 4.67. The fourth-order valence-corrected chi connectivity index (χ4v) is 4.67. The summed E-state index contributed by atoms with van der Waals surface area (Å²) in [5.41, 5.74) is 1.22. The van der Waals surface area contributed by atoms with Gasteiger partial charge in [0.2, 0.25) is 5.91 Å². The Morgan fingerprint density at radius 2 is 1.88 bits per heavy atom. The van der Waals surface area contributed by atoms with Gasteiger partial charge in [-0.2, -0.15) is 0 Å². The van der Waals surface area contributed by atoms with Gasteiger partial charge in [0, 0.05) is 23.0 Å². The van der Waals surface area contributed by atoms with E-state index in [9.17, 15) is 9.59 Å². The first-order valence-electron chi connectivity index (χ1n) is 11.7. The Balaban J connectivity index is 1.78. The predicted octanol–water partition coefficient (Wildman–Crippen LogP) is 4.24. The molecule has 1 aromatic heterocycles. The van der Waals surface area contributed by atoms with E-state index in [4.69, 9.17) is 9.47 Å². The van der Waals surface area contributed by atoms with Crippen molar-refractivity contribution in [2.45, 2.75) is 45.8 Å². The molecule has 0 saturated heterocycles. The molecule has 0 aliphatic carbocycles. The first kappa shape index (κ1) is 23.7. The SMILES string of the molecule is COc1cccc(CN2C(=O)c3cc4ccccc4n3C[C@@]2(C)C(=O)NCCC(C)C)c1OC. The molecule has 3 aromatic rings. The number of hydrogen-bond acceptors (Lipinski definition) is 4. The van der Waals surface area contributed by atoms with Crippen LogP contribution in [0.15, 0.2) is 48.5 Å². The second-order valence-corrected chi connectivity index (χ2v) is 9.43. The molecule has 0 bridgehead atoms. The van der Waals surface area contributed by atoms with Crippen molar-refractivity contribution in [1.29, 1.82) is 0 Å². The molecule has 4 rings (SSSR count). The molecule has 7 heteroatoms. The molecule has 34 heavy (non-hydrogen) atoms. The van der Waals surface area contributed by atoms with Crippen LogP contribution in [-0.2, 0) is 17.9 Å². The number of carbonyl (C=O) groups excluding carboxylic acids is 2. The minimum absolute atomic E-state index is 0.160. The van der Waals surface area contributed by atoms with Crippen LogP contribution >= 0.6 is 0 Å². The van der Waals surface area contributed by atoms with E-state index in [1.807, 2.05) is 60.0 Å². The number of rotatable bonds is 8. The maximum Gasteiger partial charge on any atom is 0.271 e. The van der Waals surface area contributed by atoms with E-state index in [0.717, 1.165) is 22.9 Å². The lowest BCUT2D eigenvalue weighted by molar-refractivity contribution is -0.133. The highest BCUT2D eigenvalue weighted by molar-refractivity contribution is 6.03. The van der Waals surface area contributed by atoms with E-state index in [2.05, 4.69) is 19.2 Å². The third kappa shape index (κ3) is 4.11. The lowest BCUT2D eigenvalue weighted by Crippen LogP contribution is -2.63. The summed E-state index contributed by atoms with van der Waals surface area (Å²) in [6.45, 7) is 7.24. The average molecular weight is 464 g/mol. The number of carbonyl (C=O) groups is 2. The summed E-state index contributed by atoms with van der Waals surface area (Å²) in [7, 11) is 3.16. The van der Waals surface area contributed by atoms with Crippen LogP contribution in [0.2, 0.25) is 0 Å². The van der Waals surface area contributed by atoms with Gasteiger partial charge < -0.3 is 24.3 Å². The van der Waals surface area contributed by atoms with Crippen LogP contribution in [0.4, 0.5) is 0 Å². The molecule has 0 spiro atoms. The summed E-state index contributed by atoms with van der Waals surface area (Å²) < 4.78 is 13.0. The van der Waals surface area contributed by atoms with E-state index < -0.39 is 5.54 Å². The Kier molecular flexibility index (Phi) is 6.55. The Hall–Kier alpha value is -3.48. The molecule has 0 unspecified atom stereocenters. The largest absolute Gasteiger partial charge is 0.493 e. The van der Waals surface area contributed by atoms with Crippen molar-refractivity contribution in [1.82, 2.24) is 14.8 Å². The van der Waals surface area contributed by atoms with E-state index >= 15 is 0 Å². The van der Waals surface area contributed by atoms with Crippen LogP contribution in [0.25, 0.3) is 10.9 Å². The van der Waals surface area contributed by atoms with Crippen LogP contribution < -0.4 is 14.8 Å². The molecular formula is C27H33N3O4. The van der Waals surface area contributed by atoms with E-state index in [-0.39, 0.29) is 18.4 Å². The molecular weight excluding hydrogens is 430 g/mol. The van der Waals surface area contributed by atoms with Crippen molar-refractivity contribution in [3.05, 3.63) is 59.8 Å². The third-order valence-corrected chi connectivity index (χ3v) is 6.65. The maximum absolute atomic E-state index is 13.9. The van der Waals surface area contributed by atoms with Gasteiger partial charge in [0.05, 0.1) is 27.3 Å². The molecule has 180 valence electrons. The van der Waals surface area contributed by atoms with Gasteiger partial charge in [0.15, 0.2) is 11.5 Å². The highest BCUT2D eigenvalue weighted by Gasteiger charge is 2.47. The number of ether oxygens (including phenoxy) is 2. The first-order valence-corrected chi connectivity index (χ1v) is 11.7. The van der Waals surface area contributed by atoms with Crippen LogP contribution in [-0.4, -0.2) is 47.6 Å². The minimum atomic E-state index is -1.09. The van der Waals surface area contributed by atoms with E-state index in [1.54, 1.807) is 19.1 Å². The van der Waals surface area contributed by atoms with Crippen LogP contribution in [0.1, 0.15) is 43.2 Å². The molecule has 1 N–H and O–H groups in total. The molecule has 1 aliphatic rings. The van der Waals surface area contributed by atoms with Gasteiger partial charge in [-0.1, -0.05) is 44.2 Å². The van der Waals surface area contributed by atoms with Gasteiger partial charge in [0.25, 0.3) is 5.91 Å². The smallest absolute Gasteiger partial charge is 0.271 e. The molecule has 0 saturated carbocycles. The van der Waals surface area contributed by atoms with Crippen molar-refractivity contribution in [3.8, 4) is 11.5 Å². The molecule has 0 fully saturated rings. The molecule has 7 nitrogen and oxygen atoms in total. The minimum Gasteiger partial charge on any atom is -0.493 e. The van der Waals surface area contributed by atoms with Crippen molar-refractivity contribution in [2.75, 3.05) is 20.8 Å². The summed E-state index contributed by atoms with van der Waals surface area (Å²) in [5.74, 6) is 1.27. The number of nitrogens with one attached hydrogen (secondary N) is 1. The van der Waals surface area contributed by atoms with E-state index in [0.29, 0.717) is 36.2 Å². The summed E-state index contributed by atoms with van der Waals surface area (Å²) in [5, 5.41) is 4.06. The van der Waals surface area contributed by atoms with Crippen LogP contribution in [0.3, 0.4) is 0 Å². The number of hydrogen-bond donors (Lipinski definition) is 1. The predicted molar refractivity (Wildman–Crippen MR) is 132 cm³/mol. The lowest BCUT2D eigenvalue weighted by atomic mass is 9.93. The second kappa shape index (κ2) is 9.41. The standard InChI is InChI=1S/C27H33N3O4/c1-18(2)13-14-28-26(32)27(3)17-29-21-11-7-6-9-19(21)15-22(29)25(31)30(27)16-20-10-8-12-23(33-4)24(20)34-5/h6-12,15,18H,13-14,16-17H2,1-5H3,(H,28,32)/t27-/m0/s1.